The van der Waals surface area contributed by atoms with Crippen LogP contribution in [0.1, 0.15) is 58.3 Å². The summed E-state index contributed by atoms with van der Waals surface area (Å²) in [6, 6.07) is 0. The van der Waals surface area contributed by atoms with Gasteiger partial charge in [-0.1, -0.05) is 51.9 Å². The summed E-state index contributed by atoms with van der Waals surface area (Å²) in [4.78, 5) is 0. The molecule has 0 heterocycles. The van der Waals surface area contributed by atoms with Crippen LogP contribution in [-0.4, -0.2) is 56.9 Å². The van der Waals surface area contributed by atoms with Crippen LogP contribution in [0.5, 0.6) is 0 Å². The molecule has 20 heavy (non-hydrogen) atoms. The molecule has 0 radical (unpaired) electrons. The molecule has 0 rings (SSSR count). The van der Waals surface area contributed by atoms with Crippen molar-refractivity contribution in [3.05, 3.63) is 0 Å². The van der Waals surface area contributed by atoms with Crippen molar-refractivity contribution in [1.29, 1.82) is 0 Å². The van der Waals surface area contributed by atoms with Crippen molar-refractivity contribution in [2.24, 2.45) is 0 Å². The molecular formula is C15H32O4S. The maximum absolute atomic E-state index is 9.60. The predicted octanol–water partition coefficient (Wildman–Crippen LogP) is 1.94. The molecule has 0 aliphatic heterocycles. The van der Waals surface area contributed by atoms with E-state index < -0.39 is 24.9 Å². The minimum Gasteiger partial charge on any atom is -0.394 e. The topological polar surface area (TPSA) is 80.9 Å². The molecule has 0 saturated carbocycles. The Morgan fingerprint density at radius 3 is 1.90 bits per heavy atom. The van der Waals surface area contributed by atoms with Gasteiger partial charge in [0.25, 0.3) is 0 Å². The van der Waals surface area contributed by atoms with E-state index in [2.05, 4.69) is 6.92 Å². The lowest BCUT2D eigenvalue weighted by Gasteiger charge is -2.21. The average molecular weight is 308 g/mol. The highest BCUT2D eigenvalue weighted by molar-refractivity contribution is 7.99. The number of unbranched alkanes of at least 4 members (excludes halogenated alkanes) is 7. The van der Waals surface area contributed by atoms with Crippen LogP contribution in [0.4, 0.5) is 0 Å². The van der Waals surface area contributed by atoms with E-state index in [-0.39, 0.29) is 0 Å². The van der Waals surface area contributed by atoms with Gasteiger partial charge in [0.05, 0.1) is 12.7 Å². The van der Waals surface area contributed by atoms with Crippen LogP contribution in [0, 0.1) is 0 Å². The lowest BCUT2D eigenvalue weighted by molar-refractivity contribution is -0.0683. The first kappa shape index (κ1) is 20.2. The molecule has 4 N–H and O–H groups in total. The molecule has 0 spiro atoms. The van der Waals surface area contributed by atoms with Crippen molar-refractivity contribution in [2.45, 2.75) is 76.6 Å². The normalized spacial score (nSPS) is 16.1. The van der Waals surface area contributed by atoms with Gasteiger partial charge in [-0.2, -0.15) is 11.8 Å². The molecule has 122 valence electrons. The van der Waals surface area contributed by atoms with Gasteiger partial charge in [-0.15, -0.1) is 0 Å². The molecule has 0 aliphatic rings. The highest BCUT2D eigenvalue weighted by Gasteiger charge is 2.23. The first-order valence-electron chi connectivity index (χ1n) is 7.86. The second kappa shape index (κ2) is 14.1. The van der Waals surface area contributed by atoms with Crippen LogP contribution in [0.15, 0.2) is 0 Å². The third-order valence-corrected chi connectivity index (χ3v) is 4.56. The van der Waals surface area contributed by atoms with Gasteiger partial charge in [-0.25, -0.2) is 0 Å². The Bertz CT molecular complexity index is 204. The van der Waals surface area contributed by atoms with Crippen molar-refractivity contribution in [3.8, 4) is 0 Å². The summed E-state index contributed by atoms with van der Waals surface area (Å²) >= 11 is 1.59. The standard InChI is InChI=1S/C15H32O4S/c1-2-3-4-5-6-7-8-9-10-20-12-14(18)15(19)13(17)11-16/h13-19H,2-12H2,1H3. The summed E-state index contributed by atoms with van der Waals surface area (Å²) in [6.07, 6.45) is 6.77. The molecule has 3 atom stereocenters. The van der Waals surface area contributed by atoms with Gasteiger partial charge in [0.2, 0.25) is 0 Å². The third kappa shape index (κ3) is 10.9. The summed E-state index contributed by atoms with van der Waals surface area (Å²) in [5.74, 6) is 1.36. The van der Waals surface area contributed by atoms with Gasteiger partial charge in [0.15, 0.2) is 0 Å². The molecule has 0 aromatic carbocycles. The second-order valence-electron chi connectivity index (χ2n) is 5.36. The molecule has 0 aromatic rings. The van der Waals surface area contributed by atoms with E-state index in [1.54, 1.807) is 11.8 Å². The Morgan fingerprint density at radius 1 is 0.800 bits per heavy atom. The average Bonchev–Trinajstić information content (AvgIpc) is 2.47. The van der Waals surface area contributed by atoms with Gasteiger partial charge >= 0.3 is 0 Å². The molecule has 5 heteroatoms. The highest BCUT2D eigenvalue weighted by atomic mass is 32.2. The molecular weight excluding hydrogens is 276 g/mol. The van der Waals surface area contributed by atoms with Crippen molar-refractivity contribution in [2.75, 3.05) is 18.1 Å². The first-order valence-corrected chi connectivity index (χ1v) is 9.01. The van der Waals surface area contributed by atoms with E-state index in [4.69, 9.17) is 5.11 Å². The van der Waals surface area contributed by atoms with Gasteiger partial charge in [-0.05, 0) is 12.2 Å². The van der Waals surface area contributed by atoms with Gasteiger partial charge < -0.3 is 20.4 Å². The number of aliphatic hydroxyl groups excluding tert-OH is 4. The molecule has 3 unspecified atom stereocenters. The monoisotopic (exact) mass is 308 g/mol. The summed E-state index contributed by atoms with van der Waals surface area (Å²) < 4.78 is 0. The van der Waals surface area contributed by atoms with Crippen LogP contribution in [-0.2, 0) is 0 Å². The number of thioether (sulfide) groups is 1. The van der Waals surface area contributed by atoms with Crippen LogP contribution in [0.25, 0.3) is 0 Å². The number of rotatable bonds is 14. The number of aliphatic hydroxyl groups is 4. The van der Waals surface area contributed by atoms with E-state index in [0.29, 0.717) is 5.75 Å². The van der Waals surface area contributed by atoms with E-state index >= 15 is 0 Å². The zero-order chi connectivity index (χ0) is 15.2. The summed E-state index contributed by atoms with van der Waals surface area (Å²) in [7, 11) is 0. The van der Waals surface area contributed by atoms with Crippen LogP contribution >= 0.6 is 11.8 Å². The van der Waals surface area contributed by atoms with Crippen molar-refractivity contribution in [1.82, 2.24) is 0 Å². The van der Waals surface area contributed by atoms with E-state index in [1.807, 2.05) is 0 Å². The maximum atomic E-state index is 9.60. The van der Waals surface area contributed by atoms with Crippen LogP contribution in [0.3, 0.4) is 0 Å². The van der Waals surface area contributed by atoms with Crippen LogP contribution < -0.4 is 0 Å². The summed E-state index contributed by atoms with van der Waals surface area (Å²) in [6.45, 7) is 1.70. The van der Waals surface area contributed by atoms with Crippen molar-refractivity contribution >= 4 is 11.8 Å². The second-order valence-corrected chi connectivity index (χ2v) is 6.51. The molecule has 0 aromatic heterocycles. The SMILES string of the molecule is CCCCCCCCCCSCC(O)C(O)C(O)CO. The third-order valence-electron chi connectivity index (χ3n) is 3.41. The smallest absolute Gasteiger partial charge is 0.109 e. The Kier molecular flexibility index (Phi) is 14.3. The number of hydrogen-bond donors (Lipinski definition) is 4. The highest BCUT2D eigenvalue weighted by Crippen LogP contribution is 2.13. The minimum absolute atomic E-state index is 0.398. The molecule has 0 amide bonds. The van der Waals surface area contributed by atoms with E-state index in [1.165, 1.54) is 44.9 Å². The van der Waals surface area contributed by atoms with Gasteiger partial charge in [-0.3, -0.25) is 0 Å². The quantitative estimate of drug-likeness (QED) is 0.369. The fourth-order valence-electron chi connectivity index (χ4n) is 2.01. The summed E-state index contributed by atoms with van der Waals surface area (Å²) in [5, 5.41) is 36.9. The fraction of sp³-hybridized carbons (Fsp3) is 1.00. The van der Waals surface area contributed by atoms with Gasteiger partial charge in [0.1, 0.15) is 12.2 Å². The zero-order valence-electron chi connectivity index (χ0n) is 12.7. The first-order chi connectivity index (χ1) is 9.63. The molecule has 0 bridgehead atoms. The van der Waals surface area contributed by atoms with Crippen LogP contribution in [0.2, 0.25) is 0 Å². The fourth-order valence-corrected chi connectivity index (χ4v) is 3.02. The van der Waals surface area contributed by atoms with E-state index in [9.17, 15) is 15.3 Å². The Balaban J connectivity index is 3.31. The Morgan fingerprint density at radius 2 is 1.35 bits per heavy atom. The zero-order valence-corrected chi connectivity index (χ0v) is 13.5. The molecule has 4 nitrogen and oxygen atoms in total. The predicted molar refractivity (Wildman–Crippen MR) is 85.0 cm³/mol. The Labute approximate surface area is 127 Å². The lowest BCUT2D eigenvalue weighted by atomic mass is 10.1. The maximum Gasteiger partial charge on any atom is 0.109 e. The van der Waals surface area contributed by atoms with Crippen molar-refractivity contribution in [3.63, 3.8) is 0 Å². The largest absolute Gasteiger partial charge is 0.394 e. The summed E-state index contributed by atoms with van der Waals surface area (Å²) in [5.41, 5.74) is 0. The minimum atomic E-state index is -1.26. The van der Waals surface area contributed by atoms with Gasteiger partial charge in [0, 0.05) is 5.75 Å². The Hall–Kier alpha value is 0.190. The molecule has 0 fully saturated rings. The van der Waals surface area contributed by atoms with Crippen molar-refractivity contribution < 1.29 is 20.4 Å². The molecule has 0 aliphatic carbocycles. The van der Waals surface area contributed by atoms with E-state index in [0.717, 1.165) is 12.2 Å². The molecule has 0 saturated heterocycles. The lowest BCUT2D eigenvalue weighted by Crippen LogP contribution is -2.40. The number of hydrogen-bond acceptors (Lipinski definition) is 5.